The zero-order valence-electron chi connectivity index (χ0n) is 8.51. The molecule has 0 radical (unpaired) electrons. The van der Waals surface area contributed by atoms with Crippen LogP contribution in [0.2, 0.25) is 0 Å². The van der Waals surface area contributed by atoms with Crippen molar-refractivity contribution in [1.29, 1.82) is 0 Å². The maximum absolute atomic E-state index is 12.6. The Morgan fingerprint density at radius 2 is 2.25 bits per heavy atom. The highest BCUT2D eigenvalue weighted by atomic mass is 19.3. The molecule has 0 fully saturated rings. The van der Waals surface area contributed by atoms with Gasteiger partial charge in [-0.25, -0.2) is 13.5 Å². The first-order chi connectivity index (χ1) is 7.59. The molecular weight excluding hydrogens is 218 g/mol. The summed E-state index contributed by atoms with van der Waals surface area (Å²) in [6, 6.07) is 1.72. The lowest BCUT2D eigenvalue weighted by Gasteiger charge is -2.05. The summed E-state index contributed by atoms with van der Waals surface area (Å²) in [4.78, 5) is 0. The van der Waals surface area contributed by atoms with Crippen LogP contribution in [0.25, 0.3) is 0 Å². The van der Waals surface area contributed by atoms with E-state index in [0.717, 1.165) is 10.4 Å². The Kier molecular flexibility index (Phi) is 2.55. The molecule has 0 aliphatic carbocycles. The summed E-state index contributed by atoms with van der Waals surface area (Å²) in [6.07, 6.45) is -1.11. The highest BCUT2D eigenvalue weighted by Crippen LogP contribution is 2.23. The van der Waals surface area contributed by atoms with Gasteiger partial charge in [0.15, 0.2) is 5.82 Å². The maximum atomic E-state index is 12.6. The highest BCUT2D eigenvalue weighted by molar-refractivity contribution is 5.34. The molecule has 8 heteroatoms. The van der Waals surface area contributed by atoms with Gasteiger partial charge in [-0.15, -0.1) is 5.10 Å². The number of hydrogen-bond donors (Lipinski definition) is 1. The normalized spacial score (nSPS) is 11.2. The molecule has 0 bridgehead atoms. The van der Waals surface area contributed by atoms with Gasteiger partial charge in [-0.2, -0.15) is 5.10 Å². The Labute approximate surface area is 89.7 Å². The van der Waals surface area contributed by atoms with Crippen LogP contribution in [0.3, 0.4) is 0 Å². The van der Waals surface area contributed by atoms with Crippen LogP contribution in [0.15, 0.2) is 12.3 Å². The van der Waals surface area contributed by atoms with Gasteiger partial charge < -0.3 is 5.73 Å². The summed E-state index contributed by atoms with van der Waals surface area (Å²) in [5, 5.41) is 10.9. The largest absolute Gasteiger partial charge is 0.380 e. The smallest absolute Gasteiger partial charge is 0.283 e. The number of anilines is 1. The number of halogens is 2. The van der Waals surface area contributed by atoms with Crippen LogP contribution in [-0.4, -0.2) is 24.8 Å². The van der Waals surface area contributed by atoms with Crippen LogP contribution >= 0.6 is 0 Å². The van der Waals surface area contributed by atoms with Gasteiger partial charge in [0.25, 0.3) is 6.43 Å². The molecule has 2 heterocycles. The SMILES string of the molecule is Cn1nccc1Cn1nnc(N)c1C(F)F. The first-order valence-corrected chi connectivity index (χ1v) is 4.53. The summed E-state index contributed by atoms with van der Waals surface area (Å²) in [7, 11) is 1.72. The molecule has 0 atom stereocenters. The quantitative estimate of drug-likeness (QED) is 0.833. The third-order valence-electron chi connectivity index (χ3n) is 2.24. The molecule has 2 N–H and O–H groups in total. The van der Waals surface area contributed by atoms with E-state index in [9.17, 15) is 8.78 Å². The van der Waals surface area contributed by atoms with Crippen molar-refractivity contribution in [3.63, 3.8) is 0 Å². The Morgan fingerprint density at radius 1 is 1.50 bits per heavy atom. The van der Waals surface area contributed by atoms with Gasteiger partial charge in [0.05, 0.1) is 12.2 Å². The predicted molar refractivity (Wildman–Crippen MR) is 51.7 cm³/mol. The second-order valence-corrected chi connectivity index (χ2v) is 3.26. The molecule has 2 aromatic heterocycles. The highest BCUT2D eigenvalue weighted by Gasteiger charge is 2.20. The van der Waals surface area contributed by atoms with Gasteiger partial charge in [-0.1, -0.05) is 5.21 Å². The average Bonchev–Trinajstić information content (AvgIpc) is 2.75. The minimum atomic E-state index is -2.69. The molecule has 6 nitrogen and oxygen atoms in total. The lowest BCUT2D eigenvalue weighted by atomic mass is 10.4. The van der Waals surface area contributed by atoms with E-state index in [1.165, 1.54) is 0 Å². The van der Waals surface area contributed by atoms with Crippen molar-refractivity contribution < 1.29 is 8.78 Å². The first kappa shape index (κ1) is 10.5. The minimum Gasteiger partial charge on any atom is -0.380 e. The van der Waals surface area contributed by atoms with Crippen molar-refractivity contribution in [3.05, 3.63) is 23.7 Å². The third-order valence-corrected chi connectivity index (χ3v) is 2.24. The van der Waals surface area contributed by atoms with E-state index < -0.39 is 6.43 Å². The second-order valence-electron chi connectivity index (χ2n) is 3.26. The van der Waals surface area contributed by atoms with Gasteiger partial charge in [-0.3, -0.25) is 4.68 Å². The number of aromatic nitrogens is 5. The van der Waals surface area contributed by atoms with Crippen LogP contribution in [0.1, 0.15) is 17.8 Å². The zero-order chi connectivity index (χ0) is 11.7. The average molecular weight is 228 g/mol. The molecule has 2 rings (SSSR count). The molecule has 0 saturated carbocycles. The van der Waals surface area contributed by atoms with Crippen LogP contribution in [-0.2, 0) is 13.6 Å². The van der Waals surface area contributed by atoms with Crippen molar-refractivity contribution in [2.75, 3.05) is 5.73 Å². The molecule has 0 spiro atoms. The van der Waals surface area contributed by atoms with Gasteiger partial charge in [0.2, 0.25) is 0 Å². The lowest BCUT2D eigenvalue weighted by molar-refractivity contribution is 0.140. The van der Waals surface area contributed by atoms with Crippen LogP contribution in [0, 0.1) is 0 Å². The van der Waals surface area contributed by atoms with E-state index in [0.29, 0.717) is 0 Å². The number of nitrogen functional groups attached to an aromatic ring is 1. The zero-order valence-corrected chi connectivity index (χ0v) is 8.51. The molecule has 0 saturated heterocycles. The predicted octanol–water partition coefficient (Wildman–Crippen LogP) is 0.580. The second kappa shape index (κ2) is 3.87. The van der Waals surface area contributed by atoms with Crippen molar-refractivity contribution in [3.8, 4) is 0 Å². The summed E-state index contributed by atoms with van der Waals surface area (Å²) < 4.78 is 28.0. The topological polar surface area (TPSA) is 74.5 Å². The number of nitrogens with zero attached hydrogens (tertiary/aromatic N) is 5. The molecule has 2 aromatic rings. The Hall–Kier alpha value is -1.99. The Bertz CT molecular complexity index is 488. The Balaban J connectivity index is 2.32. The van der Waals surface area contributed by atoms with E-state index >= 15 is 0 Å². The van der Waals surface area contributed by atoms with Gasteiger partial charge in [-0.05, 0) is 6.07 Å². The standard InChI is InChI=1S/C8H10F2N6/c1-15-5(2-3-12-15)4-16-6(7(9)10)8(11)13-14-16/h2-3,7H,4,11H2,1H3. The van der Waals surface area contributed by atoms with Crippen molar-refractivity contribution in [2.24, 2.45) is 7.05 Å². The fourth-order valence-electron chi connectivity index (χ4n) is 1.38. The van der Waals surface area contributed by atoms with Crippen molar-refractivity contribution in [1.82, 2.24) is 24.8 Å². The third kappa shape index (κ3) is 1.73. The number of alkyl halides is 2. The number of nitrogens with two attached hydrogens (primary N) is 1. The van der Waals surface area contributed by atoms with E-state index in [4.69, 9.17) is 5.73 Å². The summed E-state index contributed by atoms with van der Waals surface area (Å²) in [5.74, 6) is -0.239. The fraction of sp³-hybridized carbons (Fsp3) is 0.375. The summed E-state index contributed by atoms with van der Waals surface area (Å²) in [5.41, 5.74) is 5.69. The monoisotopic (exact) mass is 228 g/mol. The molecule has 0 aliphatic rings. The van der Waals surface area contributed by atoms with Crippen molar-refractivity contribution >= 4 is 5.82 Å². The molecule has 0 unspecified atom stereocenters. The first-order valence-electron chi connectivity index (χ1n) is 4.53. The number of hydrogen-bond acceptors (Lipinski definition) is 4. The molecule has 0 aliphatic heterocycles. The molecular formula is C8H10F2N6. The Morgan fingerprint density at radius 3 is 2.81 bits per heavy atom. The minimum absolute atomic E-state index is 0.167. The lowest BCUT2D eigenvalue weighted by Crippen LogP contribution is -2.11. The molecule has 86 valence electrons. The number of rotatable bonds is 3. The van der Waals surface area contributed by atoms with E-state index in [-0.39, 0.29) is 18.1 Å². The molecule has 0 amide bonds. The molecule has 16 heavy (non-hydrogen) atoms. The van der Waals surface area contributed by atoms with E-state index in [1.54, 1.807) is 24.0 Å². The van der Waals surface area contributed by atoms with Crippen LogP contribution < -0.4 is 5.73 Å². The maximum Gasteiger partial charge on any atom is 0.283 e. The number of aryl methyl sites for hydroxylation is 1. The van der Waals surface area contributed by atoms with Gasteiger partial charge in [0, 0.05) is 13.2 Å². The van der Waals surface area contributed by atoms with Crippen LogP contribution in [0.4, 0.5) is 14.6 Å². The van der Waals surface area contributed by atoms with Crippen molar-refractivity contribution in [2.45, 2.75) is 13.0 Å². The fourth-order valence-corrected chi connectivity index (χ4v) is 1.38. The van der Waals surface area contributed by atoms with Gasteiger partial charge >= 0.3 is 0 Å². The summed E-state index contributed by atoms with van der Waals surface area (Å²) >= 11 is 0. The summed E-state index contributed by atoms with van der Waals surface area (Å²) in [6.45, 7) is 0.167. The van der Waals surface area contributed by atoms with Crippen LogP contribution in [0.5, 0.6) is 0 Å². The van der Waals surface area contributed by atoms with E-state index in [1.807, 2.05) is 0 Å². The van der Waals surface area contributed by atoms with Gasteiger partial charge in [0.1, 0.15) is 5.69 Å². The van der Waals surface area contributed by atoms with E-state index in [2.05, 4.69) is 15.4 Å². The molecule has 0 aromatic carbocycles.